The first-order chi connectivity index (χ1) is 9.31. The summed E-state index contributed by atoms with van der Waals surface area (Å²) in [5, 5.41) is 12.6. The monoisotopic (exact) mass is 249 g/mol. The summed E-state index contributed by atoms with van der Waals surface area (Å²) in [4.78, 5) is 4.12. The molecule has 1 aliphatic carbocycles. The first-order valence-corrected chi connectivity index (χ1v) is 6.51. The van der Waals surface area contributed by atoms with Crippen LogP contribution in [-0.4, -0.2) is 10.5 Å². The molecule has 94 valence electrons. The largest absolute Gasteiger partial charge is 0.367 e. The predicted octanol–water partition coefficient (Wildman–Crippen LogP) is 3.61. The van der Waals surface area contributed by atoms with Crippen molar-refractivity contribution in [3.63, 3.8) is 0 Å². The lowest BCUT2D eigenvalue weighted by Crippen LogP contribution is -2.43. The van der Waals surface area contributed by atoms with Gasteiger partial charge in [-0.2, -0.15) is 5.26 Å². The van der Waals surface area contributed by atoms with Crippen LogP contribution < -0.4 is 5.32 Å². The van der Waals surface area contributed by atoms with E-state index in [4.69, 9.17) is 0 Å². The highest BCUT2D eigenvalue weighted by atomic mass is 15.0. The number of nitriles is 1. The molecule has 0 radical (unpaired) electrons. The average Bonchev–Trinajstić information content (AvgIpc) is 2.45. The topological polar surface area (TPSA) is 48.7 Å². The molecule has 0 aliphatic heterocycles. The number of anilines is 1. The molecule has 0 amide bonds. The normalized spacial score (nSPS) is 16.2. The van der Waals surface area contributed by atoms with E-state index in [0.717, 1.165) is 36.1 Å². The number of hydrogen-bond acceptors (Lipinski definition) is 3. The van der Waals surface area contributed by atoms with E-state index in [-0.39, 0.29) is 5.54 Å². The van der Waals surface area contributed by atoms with Gasteiger partial charge in [0, 0.05) is 18.1 Å². The fourth-order valence-corrected chi connectivity index (χ4v) is 2.35. The molecule has 3 heteroatoms. The lowest BCUT2D eigenvalue weighted by atomic mass is 9.78. The van der Waals surface area contributed by atoms with E-state index in [1.165, 1.54) is 0 Å². The van der Waals surface area contributed by atoms with Crippen molar-refractivity contribution in [1.29, 1.82) is 5.26 Å². The fourth-order valence-electron chi connectivity index (χ4n) is 2.35. The van der Waals surface area contributed by atoms with Crippen LogP contribution >= 0.6 is 0 Å². The standard InChI is InChI=1S/C16H15N3/c17-12-16(8-2-9-16)19-15-6-4-13(5-7-15)14-3-1-10-18-11-14/h1,3-7,10-11,19H,2,8-9H2. The van der Waals surface area contributed by atoms with Crippen LogP contribution in [-0.2, 0) is 0 Å². The maximum Gasteiger partial charge on any atom is 0.125 e. The zero-order chi connectivity index (χ0) is 13.1. The van der Waals surface area contributed by atoms with Crippen LogP contribution in [0.5, 0.6) is 0 Å². The van der Waals surface area contributed by atoms with Gasteiger partial charge in [-0.25, -0.2) is 0 Å². The van der Waals surface area contributed by atoms with Crippen molar-refractivity contribution in [2.24, 2.45) is 0 Å². The van der Waals surface area contributed by atoms with Crippen LogP contribution in [0.3, 0.4) is 0 Å². The summed E-state index contributed by atoms with van der Waals surface area (Å²) in [5.74, 6) is 0. The Bertz CT molecular complexity index is 592. The molecule has 3 nitrogen and oxygen atoms in total. The van der Waals surface area contributed by atoms with Crippen molar-refractivity contribution < 1.29 is 0 Å². The number of benzene rings is 1. The molecular formula is C16H15N3. The summed E-state index contributed by atoms with van der Waals surface area (Å²) < 4.78 is 0. The van der Waals surface area contributed by atoms with Crippen molar-refractivity contribution >= 4 is 5.69 Å². The summed E-state index contributed by atoms with van der Waals surface area (Å²) in [6.07, 6.45) is 6.63. The molecule has 1 heterocycles. The Morgan fingerprint density at radius 1 is 1.11 bits per heavy atom. The molecular weight excluding hydrogens is 234 g/mol. The van der Waals surface area contributed by atoms with Crippen LogP contribution in [0.4, 0.5) is 5.69 Å². The maximum atomic E-state index is 9.21. The molecule has 1 aromatic heterocycles. The second-order valence-corrected chi connectivity index (χ2v) is 4.99. The summed E-state index contributed by atoms with van der Waals surface area (Å²) in [6.45, 7) is 0. The summed E-state index contributed by atoms with van der Waals surface area (Å²) >= 11 is 0. The lowest BCUT2D eigenvalue weighted by molar-refractivity contribution is 0.356. The molecule has 19 heavy (non-hydrogen) atoms. The van der Waals surface area contributed by atoms with Gasteiger partial charge in [0.05, 0.1) is 6.07 Å². The second-order valence-electron chi connectivity index (χ2n) is 4.99. The van der Waals surface area contributed by atoms with E-state index < -0.39 is 0 Å². The van der Waals surface area contributed by atoms with Gasteiger partial charge in [-0.15, -0.1) is 0 Å². The molecule has 3 rings (SSSR count). The number of hydrogen-bond donors (Lipinski definition) is 1. The molecule has 1 fully saturated rings. The number of nitrogens with one attached hydrogen (secondary N) is 1. The number of aromatic nitrogens is 1. The van der Waals surface area contributed by atoms with Crippen molar-refractivity contribution in [2.75, 3.05) is 5.32 Å². The highest BCUT2D eigenvalue weighted by Crippen LogP contribution is 2.35. The van der Waals surface area contributed by atoms with E-state index >= 15 is 0 Å². The Balaban J connectivity index is 1.78. The van der Waals surface area contributed by atoms with Gasteiger partial charge in [-0.1, -0.05) is 18.2 Å². The molecule has 1 aliphatic rings. The van der Waals surface area contributed by atoms with Gasteiger partial charge in [0.25, 0.3) is 0 Å². The van der Waals surface area contributed by atoms with E-state index in [9.17, 15) is 5.26 Å². The highest BCUT2D eigenvalue weighted by molar-refractivity contribution is 5.65. The quantitative estimate of drug-likeness (QED) is 0.904. The van der Waals surface area contributed by atoms with Crippen molar-refractivity contribution in [3.8, 4) is 17.2 Å². The first-order valence-electron chi connectivity index (χ1n) is 6.51. The molecule has 0 unspecified atom stereocenters. The summed E-state index contributed by atoms with van der Waals surface area (Å²) in [7, 11) is 0. The van der Waals surface area contributed by atoms with Crippen LogP contribution in [0.25, 0.3) is 11.1 Å². The third-order valence-electron chi connectivity index (χ3n) is 3.68. The van der Waals surface area contributed by atoms with Gasteiger partial charge < -0.3 is 5.32 Å². The third-order valence-corrected chi connectivity index (χ3v) is 3.68. The molecule has 0 saturated heterocycles. The van der Waals surface area contributed by atoms with Crippen molar-refractivity contribution in [3.05, 3.63) is 48.8 Å². The third kappa shape index (κ3) is 2.30. The summed E-state index contributed by atoms with van der Waals surface area (Å²) in [6, 6.07) is 14.5. The van der Waals surface area contributed by atoms with E-state index in [1.54, 1.807) is 6.20 Å². The van der Waals surface area contributed by atoms with Gasteiger partial charge >= 0.3 is 0 Å². The predicted molar refractivity (Wildman–Crippen MR) is 75.5 cm³/mol. The van der Waals surface area contributed by atoms with Gasteiger partial charge in [-0.3, -0.25) is 4.98 Å². The first kappa shape index (κ1) is 11.7. The highest BCUT2D eigenvalue weighted by Gasteiger charge is 2.36. The molecule has 0 bridgehead atoms. The SMILES string of the molecule is N#CC1(Nc2ccc(-c3cccnc3)cc2)CCC1. The lowest BCUT2D eigenvalue weighted by Gasteiger charge is -2.36. The zero-order valence-corrected chi connectivity index (χ0v) is 10.6. The van der Waals surface area contributed by atoms with E-state index in [2.05, 4.69) is 28.5 Å². The van der Waals surface area contributed by atoms with Crippen molar-refractivity contribution in [2.45, 2.75) is 24.8 Å². The number of rotatable bonds is 3. The van der Waals surface area contributed by atoms with E-state index in [1.807, 2.05) is 30.5 Å². The summed E-state index contributed by atoms with van der Waals surface area (Å²) in [5.41, 5.74) is 2.91. The van der Waals surface area contributed by atoms with Gasteiger partial charge in [0.2, 0.25) is 0 Å². The molecule has 0 spiro atoms. The average molecular weight is 249 g/mol. The molecule has 1 aromatic carbocycles. The Labute approximate surface area is 112 Å². The van der Waals surface area contributed by atoms with Gasteiger partial charge in [0.1, 0.15) is 5.54 Å². The Kier molecular flexibility index (Phi) is 2.92. The molecule has 1 N–H and O–H groups in total. The molecule has 1 saturated carbocycles. The Morgan fingerprint density at radius 2 is 1.89 bits per heavy atom. The Morgan fingerprint density at radius 3 is 2.42 bits per heavy atom. The van der Waals surface area contributed by atoms with Crippen LogP contribution in [0.2, 0.25) is 0 Å². The minimum atomic E-state index is -0.337. The van der Waals surface area contributed by atoms with Crippen LogP contribution in [0.15, 0.2) is 48.8 Å². The van der Waals surface area contributed by atoms with Gasteiger partial charge in [-0.05, 0) is 48.6 Å². The maximum absolute atomic E-state index is 9.21. The van der Waals surface area contributed by atoms with E-state index in [0.29, 0.717) is 0 Å². The number of nitrogens with zero attached hydrogens (tertiary/aromatic N) is 2. The fraction of sp³-hybridized carbons (Fsp3) is 0.250. The minimum Gasteiger partial charge on any atom is -0.367 e. The van der Waals surface area contributed by atoms with Gasteiger partial charge in [0.15, 0.2) is 0 Å². The van der Waals surface area contributed by atoms with Crippen molar-refractivity contribution in [1.82, 2.24) is 4.98 Å². The Hall–Kier alpha value is -2.34. The van der Waals surface area contributed by atoms with Crippen LogP contribution in [0.1, 0.15) is 19.3 Å². The smallest absolute Gasteiger partial charge is 0.125 e. The van der Waals surface area contributed by atoms with Crippen LogP contribution in [0, 0.1) is 11.3 Å². The molecule has 2 aromatic rings. The molecule has 0 atom stereocenters. The minimum absolute atomic E-state index is 0.337. The second kappa shape index (κ2) is 4.74. The number of pyridine rings is 1. The zero-order valence-electron chi connectivity index (χ0n) is 10.6.